The van der Waals surface area contributed by atoms with Gasteiger partial charge in [0.25, 0.3) is 0 Å². The maximum absolute atomic E-state index is 6.63. The standard InChI is InChI=1S/C19H38O3Si4/c1-23(2)19(22-26(9,10)11)18(21-25(6,7)8)16-14-12-13-15-17(16)20-24(3,4)5/h12-15,23H,1-11H3. The van der Waals surface area contributed by atoms with Crippen LogP contribution in [0.1, 0.15) is 5.56 Å². The summed E-state index contributed by atoms with van der Waals surface area (Å²) in [5.74, 6) is 1.85. The van der Waals surface area contributed by atoms with Crippen molar-refractivity contribution in [1.29, 1.82) is 0 Å². The third kappa shape index (κ3) is 8.28. The van der Waals surface area contributed by atoms with Crippen molar-refractivity contribution in [2.45, 2.75) is 72.0 Å². The minimum Gasteiger partial charge on any atom is -0.548 e. The van der Waals surface area contributed by atoms with E-state index in [4.69, 9.17) is 13.3 Å². The van der Waals surface area contributed by atoms with Crippen LogP contribution in [0.3, 0.4) is 0 Å². The van der Waals surface area contributed by atoms with Crippen molar-refractivity contribution >= 4 is 39.5 Å². The van der Waals surface area contributed by atoms with Crippen LogP contribution in [0.2, 0.25) is 72.0 Å². The summed E-state index contributed by atoms with van der Waals surface area (Å²) in [6, 6.07) is 8.29. The van der Waals surface area contributed by atoms with Crippen LogP contribution in [0, 0.1) is 0 Å². The van der Waals surface area contributed by atoms with Crippen molar-refractivity contribution in [3.05, 3.63) is 35.2 Å². The van der Waals surface area contributed by atoms with Crippen LogP contribution in [0.15, 0.2) is 29.6 Å². The fourth-order valence-corrected chi connectivity index (χ4v) is 7.65. The maximum atomic E-state index is 6.63. The smallest absolute Gasteiger partial charge is 0.242 e. The lowest BCUT2D eigenvalue weighted by atomic mass is 10.2. The summed E-state index contributed by atoms with van der Waals surface area (Å²) < 4.78 is 19.6. The van der Waals surface area contributed by atoms with Crippen molar-refractivity contribution < 1.29 is 13.3 Å². The topological polar surface area (TPSA) is 27.7 Å². The van der Waals surface area contributed by atoms with Crippen molar-refractivity contribution in [2.24, 2.45) is 0 Å². The molecule has 0 unspecified atom stereocenters. The molecule has 0 spiro atoms. The van der Waals surface area contributed by atoms with Crippen LogP contribution in [0.25, 0.3) is 5.76 Å². The van der Waals surface area contributed by atoms with Gasteiger partial charge in [-0.05, 0) is 71.1 Å². The molecule has 0 bridgehead atoms. The van der Waals surface area contributed by atoms with E-state index in [0.29, 0.717) is 0 Å². The van der Waals surface area contributed by atoms with Crippen LogP contribution < -0.4 is 4.43 Å². The summed E-state index contributed by atoms with van der Waals surface area (Å²) >= 11 is 0. The van der Waals surface area contributed by atoms with Gasteiger partial charge in [0.1, 0.15) is 20.3 Å². The van der Waals surface area contributed by atoms with Gasteiger partial charge in [-0.3, -0.25) is 0 Å². The normalized spacial score (nSPS) is 14.2. The van der Waals surface area contributed by atoms with Crippen LogP contribution in [0.4, 0.5) is 0 Å². The molecule has 26 heavy (non-hydrogen) atoms. The van der Waals surface area contributed by atoms with E-state index in [-0.39, 0.29) is 0 Å². The van der Waals surface area contributed by atoms with Crippen molar-refractivity contribution in [2.75, 3.05) is 0 Å². The van der Waals surface area contributed by atoms with Crippen molar-refractivity contribution in [3.63, 3.8) is 0 Å². The Kier molecular flexibility index (Phi) is 7.60. The molecule has 0 radical (unpaired) electrons. The van der Waals surface area contributed by atoms with E-state index >= 15 is 0 Å². The maximum Gasteiger partial charge on any atom is 0.242 e. The Morgan fingerprint density at radius 2 is 1.23 bits per heavy atom. The number of rotatable bonds is 8. The second-order valence-corrected chi connectivity index (χ2v) is 26.1. The first-order valence-corrected chi connectivity index (χ1v) is 22.6. The zero-order chi connectivity index (χ0) is 20.3. The highest BCUT2D eigenvalue weighted by Crippen LogP contribution is 2.35. The quantitative estimate of drug-likeness (QED) is 0.360. The lowest BCUT2D eigenvalue weighted by Gasteiger charge is -2.31. The van der Waals surface area contributed by atoms with Gasteiger partial charge in [0.15, 0.2) is 0 Å². The van der Waals surface area contributed by atoms with Gasteiger partial charge in [0, 0.05) is 0 Å². The van der Waals surface area contributed by atoms with E-state index in [1.807, 2.05) is 6.07 Å². The lowest BCUT2D eigenvalue weighted by Crippen LogP contribution is -2.33. The Hall–Kier alpha value is -0.772. The third-order valence-electron chi connectivity index (χ3n) is 3.12. The predicted octanol–water partition coefficient (Wildman–Crippen LogP) is 6.30. The first-order chi connectivity index (χ1) is 11.6. The molecular formula is C19H38O3Si4. The molecule has 7 heteroatoms. The minimum absolute atomic E-state index is 0.922. The number of para-hydroxylation sites is 1. The summed E-state index contributed by atoms with van der Waals surface area (Å²) in [4.78, 5) is 0. The molecule has 0 amide bonds. The molecule has 0 fully saturated rings. The Balaban J connectivity index is 3.64. The highest BCUT2D eigenvalue weighted by molar-refractivity contribution is 6.74. The van der Waals surface area contributed by atoms with Gasteiger partial charge < -0.3 is 13.3 Å². The van der Waals surface area contributed by atoms with Gasteiger partial charge in [-0.1, -0.05) is 25.2 Å². The van der Waals surface area contributed by atoms with E-state index in [2.05, 4.69) is 90.2 Å². The minimum atomic E-state index is -1.81. The fourth-order valence-electron chi connectivity index (χ4n) is 2.37. The second-order valence-electron chi connectivity index (χ2n) is 9.99. The van der Waals surface area contributed by atoms with Gasteiger partial charge in [-0.2, -0.15) is 0 Å². The van der Waals surface area contributed by atoms with Gasteiger partial charge in [-0.25, -0.2) is 0 Å². The average molecular weight is 427 g/mol. The summed E-state index contributed by atoms with van der Waals surface area (Å²) in [5, 5.41) is 1.10. The van der Waals surface area contributed by atoms with E-state index in [1.165, 1.54) is 0 Å². The molecule has 148 valence electrons. The first kappa shape index (κ1) is 23.3. The number of hydrogen-bond donors (Lipinski definition) is 0. The monoisotopic (exact) mass is 426 g/mol. The molecule has 0 saturated carbocycles. The molecule has 0 atom stereocenters. The van der Waals surface area contributed by atoms with Gasteiger partial charge in [-0.15, -0.1) is 0 Å². The SMILES string of the molecule is C[SiH](C)C(O[Si](C)(C)C)=C(O[Si](C)(C)C)c1ccccc1O[Si](C)(C)C. The predicted molar refractivity (Wildman–Crippen MR) is 125 cm³/mol. The summed E-state index contributed by atoms with van der Waals surface area (Å²) in [6.45, 7) is 24.6. The zero-order valence-electron chi connectivity index (χ0n) is 18.6. The lowest BCUT2D eigenvalue weighted by molar-refractivity contribution is 0.419. The van der Waals surface area contributed by atoms with Crippen molar-refractivity contribution in [3.8, 4) is 5.75 Å². The molecule has 3 nitrogen and oxygen atoms in total. The highest BCUT2D eigenvalue weighted by atomic mass is 28.4. The fraction of sp³-hybridized carbons (Fsp3) is 0.579. The highest BCUT2D eigenvalue weighted by Gasteiger charge is 2.30. The molecular weight excluding hydrogens is 389 g/mol. The molecule has 0 N–H and O–H groups in total. The van der Waals surface area contributed by atoms with E-state index in [9.17, 15) is 0 Å². The second kappa shape index (κ2) is 8.49. The van der Waals surface area contributed by atoms with Crippen LogP contribution in [-0.2, 0) is 8.85 Å². The average Bonchev–Trinajstić information content (AvgIpc) is 2.39. The molecule has 0 aliphatic heterocycles. The Morgan fingerprint density at radius 3 is 1.65 bits per heavy atom. The van der Waals surface area contributed by atoms with Crippen molar-refractivity contribution in [1.82, 2.24) is 0 Å². The van der Waals surface area contributed by atoms with Gasteiger partial charge in [0.2, 0.25) is 25.0 Å². The summed E-state index contributed by atoms with van der Waals surface area (Å²) in [6.07, 6.45) is 0. The van der Waals surface area contributed by atoms with E-state index < -0.39 is 33.7 Å². The van der Waals surface area contributed by atoms with Crippen LogP contribution in [-0.4, -0.2) is 33.7 Å². The molecule has 0 aromatic heterocycles. The van der Waals surface area contributed by atoms with E-state index in [1.54, 1.807) is 0 Å². The summed E-state index contributed by atoms with van der Waals surface area (Å²) in [5.41, 5.74) is 1.05. The third-order valence-corrected chi connectivity index (χ3v) is 7.27. The van der Waals surface area contributed by atoms with Crippen LogP contribution >= 0.6 is 0 Å². The molecule has 1 rings (SSSR count). The number of benzene rings is 1. The molecule has 0 aliphatic rings. The van der Waals surface area contributed by atoms with Crippen LogP contribution in [0.5, 0.6) is 5.75 Å². The van der Waals surface area contributed by atoms with Gasteiger partial charge in [0.05, 0.1) is 10.9 Å². The first-order valence-electron chi connectivity index (χ1n) is 9.50. The Morgan fingerprint density at radius 1 is 0.731 bits per heavy atom. The molecule has 0 heterocycles. The van der Waals surface area contributed by atoms with E-state index in [0.717, 1.165) is 22.5 Å². The Bertz CT molecular complexity index is 635. The molecule has 0 aliphatic carbocycles. The molecule has 1 aromatic rings. The zero-order valence-corrected chi connectivity index (χ0v) is 22.8. The summed E-state index contributed by atoms with van der Waals surface area (Å²) in [7, 11) is -6.51. The number of hydrogen-bond acceptors (Lipinski definition) is 3. The molecule has 1 aromatic carbocycles. The van der Waals surface area contributed by atoms with Gasteiger partial charge >= 0.3 is 0 Å². The Labute approximate surface area is 165 Å². The molecule has 0 saturated heterocycles. The largest absolute Gasteiger partial charge is 0.548 e.